The van der Waals surface area contributed by atoms with Crippen LogP contribution in [-0.4, -0.2) is 7.05 Å². The summed E-state index contributed by atoms with van der Waals surface area (Å²) in [7, 11) is 1.50. The van der Waals surface area contributed by atoms with Crippen molar-refractivity contribution in [2.24, 2.45) is 5.73 Å². The molecule has 0 heterocycles. The van der Waals surface area contributed by atoms with Gasteiger partial charge in [0.2, 0.25) is 0 Å². The second-order valence-corrected chi connectivity index (χ2v) is 3.02. The van der Waals surface area contributed by atoms with E-state index in [9.17, 15) is 0 Å². The smallest absolute Gasteiger partial charge is 0.0195 e. The van der Waals surface area contributed by atoms with Gasteiger partial charge in [-0.25, -0.2) is 0 Å². The van der Waals surface area contributed by atoms with Gasteiger partial charge in [0.15, 0.2) is 0 Å². The van der Waals surface area contributed by atoms with E-state index in [0.717, 1.165) is 0 Å². The first-order valence-corrected chi connectivity index (χ1v) is 11.0. The summed E-state index contributed by atoms with van der Waals surface area (Å²) in [5.74, 6) is 0. The summed E-state index contributed by atoms with van der Waals surface area (Å²) in [5, 5.41) is 0. The molecule has 0 aromatic heterocycles. The van der Waals surface area contributed by atoms with Gasteiger partial charge in [-0.05, 0) is 7.05 Å². The Balaban J connectivity index is -0.0000000358. The van der Waals surface area contributed by atoms with Crippen molar-refractivity contribution in [2.75, 3.05) is 7.05 Å². The van der Waals surface area contributed by atoms with E-state index in [1.165, 1.54) is 13.5 Å². The lowest BCUT2D eigenvalue weighted by molar-refractivity contribution is 1.09. The van der Waals surface area contributed by atoms with Crippen molar-refractivity contribution < 1.29 is 0 Å². The fourth-order valence-corrected chi connectivity index (χ4v) is 0.770. The number of rotatable bonds is 0. The number of nitrogens with two attached hydrogens (primary N) is 1. The van der Waals surface area contributed by atoms with Crippen LogP contribution in [0.5, 0.6) is 0 Å². The highest BCUT2D eigenvalue weighted by molar-refractivity contribution is 4.99. The van der Waals surface area contributed by atoms with Gasteiger partial charge < -0.3 is 5.73 Å². The Kier molecular flexibility index (Phi) is 170. The van der Waals surface area contributed by atoms with Crippen molar-refractivity contribution in [3.8, 4) is 0 Å². The third-order valence-corrected chi connectivity index (χ3v) is 1.33. The van der Waals surface area contributed by atoms with Crippen LogP contribution in [0.3, 0.4) is 0 Å². The third-order valence-electron chi connectivity index (χ3n) is 1.33. The summed E-state index contributed by atoms with van der Waals surface area (Å²) in [6.07, 6.45) is 1.25. The summed E-state index contributed by atoms with van der Waals surface area (Å²) in [5.41, 5.74) is 4.50. The van der Waals surface area contributed by atoms with Crippen LogP contribution < -0.4 is 5.73 Å². The molecule has 0 bridgehead atoms. The molecule has 0 radical (unpaired) electrons. The highest BCUT2D eigenvalue weighted by atomic mass is 14.4. The molecule has 0 aliphatic carbocycles. The fraction of sp³-hybridized carbons (Fsp3) is 0.538. The van der Waals surface area contributed by atoms with E-state index in [1.807, 2.05) is 142 Å². The van der Waals surface area contributed by atoms with Gasteiger partial charge in [0.25, 0.3) is 0 Å². The highest BCUT2D eigenvalue weighted by Gasteiger charge is 1.58. The van der Waals surface area contributed by atoms with E-state index in [-0.39, 0.29) is 0 Å². The molecule has 27 heavy (non-hydrogen) atoms. The van der Waals surface area contributed by atoms with Gasteiger partial charge in [0.1, 0.15) is 0 Å². The van der Waals surface area contributed by atoms with E-state index in [2.05, 4.69) is 19.6 Å². The van der Waals surface area contributed by atoms with Gasteiger partial charge in [-0.2, -0.15) is 0 Å². The molecule has 1 nitrogen and oxygen atoms in total. The van der Waals surface area contributed by atoms with Crippen LogP contribution in [0.4, 0.5) is 0 Å². The van der Waals surface area contributed by atoms with Gasteiger partial charge >= 0.3 is 0 Å². The molecular weight excluding hydrogens is 326 g/mol. The molecule has 0 unspecified atom stereocenters. The lowest BCUT2D eigenvalue weighted by Gasteiger charge is -1.69. The van der Waals surface area contributed by atoms with Crippen molar-refractivity contribution >= 4 is 0 Å². The fourth-order valence-electron chi connectivity index (χ4n) is 0.770. The molecule has 0 atom stereocenters. The summed E-state index contributed by atoms with van der Waals surface area (Å²) in [6.45, 7) is 24.2. The number of hydrogen-bond acceptors (Lipinski definition) is 1. The summed E-state index contributed by atoms with van der Waals surface area (Å²) < 4.78 is 0. The standard InChI is InChI=1S/2C6H6.C3H8.5C2H6.CH5N/c2*1-2-4-6-5-3-1;1-3-2;6*1-2/h2*1-6H;3H2,1-2H3;5*1-2H3;2H2,1H3. The van der Waals surface area contributed by atoms with Crippen molar-refractivity contribution in [2.45, 2.75) is 89.5 Å². The van der Waals surface area contributed by atoms with Crippen LogP contribution in [0.1, 0.15) is 89.5 Å². The highest BCUT2D eigenvalue weighted by Crippen LogP contribution is 1.80. The molecule has 164 valence electrons. The molecule has 0 saturated carbocycles. The summed E-state index contributed by atoms with van der Waals surface area (Å²) in [6, 6.07) is 24.0. The predicted octanol–water partition coefficient (Wildman–Crippen LogP) is 9.50. The van der Waals surface area contributed by atoms with E-state index < -0.39 is 0 Å². The zero-order chi connectivity index (χ0) is 23.2. The Hall–Kier alpha value is -1.60. The Morgan fingerprint density at radius 3 is 0.407 bits per heavy atom. The minimum Gasteiger partial charge on any atom is -0.333 e. The molecule has 2 aromatic carbocycles. The van der Waals surface area contributed by atoms with Crippen molar-refractivity contribution in [1.82, 2.24) is 0 Å². The van der Waals surface area contributed by atoms with E-state index in [4.69, 9.17) is 0 Å². The minimum atomic E-state index is 1.25. The Morgan fingerprint density at radius 2 is 0.370 bits per heavy atom. The minimum absolute atomic E-state index is 1.25. The lowest BCUT2D eigenvalue weighted by Crippen LogP contribution is -1.69. The zero-order valence-electron chi connectivity index (χ0n) is 21.2. The second-order valence-electron chi connectivity index (χ2n) is 3.02. The second kappa shape index (κ2) is 103. The lowest BCUT2D eigenvalue weighted by atomic mass is 10.4. The van der Waals surface area contributed by atoms with Gasteiger partial charge in [-0.15, -0.1) is 0 Å². The maximum atomic E-state index is 4.50. The van der Waals surface area contributed by atoms with Gasteiger partial charge in [0.05, 0.1) is 0 Å². The summed E-state index contributed by atoms with van der Waals surface area (Å²) in [4.78, 5) is 0. The topological polar surface area (TPSA) is 26.0 Å². The zero-order valence-corrected chi connectivity index (χ0v) is 21.2. The number of benzene rings is 2. The molecular formula is C26H55N. The molecule has 2 aromatic rings. The largest absolute Gasteiger partial charge is 0.333 e. The van der Waals surface area contributed by atoms with Crippen LogP contribution >= 0.6 is 0 Å². The maximum Gasteiger partial charge on any atom is -0.0195 e. The molecule has 0 amide bonds. The molecule has 1 heteroatoms. The molecule has 2 N–H and O–H groups in total. The Morgan fingerprint density at radius 1 is 0.333 bits per heavy atom. The monoisotopic (exact) mass is 381 g/mol. The van der Waals surface area contributed by atoms with Crippen molar-refractivity contribution in [3.63, 3.8) is 0 Å². The van der Waals surface area contributed by atoms with E-state index in [0.29, 0.717) is 0 Å². The van der Waals surface area contributed by atoms with Crippen LogP contribution in [0.2, 0.25) is 0 Å². The Bertz CT molecular complexity index is 194. The summed E-state index contributed by atoms with van der Waals surface area (Å²) >= 11 is 0. The van der Waals surface area contributed by atoms with E-state index >= 15 is 0 Å². The third kappa shape index (κ3) is 113. The first-order valence-electron chi connectivity index (χ1n) is 11.0. The van der Waals surface area contributed by atoms with Crippen LogP contribution in [0.15, 0.2) is 72.8 Å². The molecule has 0 aliphatic heterocycles. The average Bonchev–Trinajstić information content (AvgIpc) is 2.85. The number of hydrogen-bond donors (Lipinski definition) is 1. The maximum absolute atomic E-state index is 4.50. The van der Waals surface area contributed by atoms with Crippen molar-refractivity contribution in [3.05, 3.63) is 72.8 Å². The van der Waals surface area contributed by atoms with Crippen LogP contribution in [0, 0.1) is 0 Å². The molecule has 2 rings (SSSR count). The first-order chi connectivity index (χ1) is 13.4. The average molecular weight is 382 g/mol. The molecule has 0 spiro atoms. The predicted molar refractivity (Wildman–Crippen MR) is 136 cm³/mol. The molecule has 0 fully saturated rings. The molecule has 0 aliphatic rings. The Labute approximate surface area is 175 Å². The SMILES string of the molecule is CC.CC.CC.CC.CC.CCC.CN.c1ccccc1.c1ccccc1. The van der Waals surface area contributed by atoms with E-state index in [1.54, 1.807) is 0 Å². The van der Waals surface area contributed by atoms with Crippen LogP contribution in [0.25, 0.3) is 0 Å². The van der Waals surface area contributed by atoms with Gasteiger partial charge in [0, 0.05) is 0 Å². The first kappa shape index (κ1) is 44.7. The van der Waals surface area contributed by atoms with Crippen LogP contribution in [-0.2, 0) is 0 Å². The van der Waals surface area contributed by atoms with Gasteiger partial charge in [-0.3, -0.25) is 0 Å². The normalized spacial score (nSPS) is 5.56. The quantitative estimate of drug-likeness (QED) is 0.483. The van der Waals surface area contributed by atoms with Crippen molar-refractivity contribution in [1.29, 1.82) is 0 Å². The molecule has 0 saturated heterocycles. The van der Waals surface area contributed by atoms with Gasteiger partial charge in [-0.1, -0.05) is 162 Å².